The van der Waals surface area contributed by atoms with Gasteiger partial charge in [0, 0.05) is 13.1 Å². The number of carbonyl (C=O) groups is 1. The third-order valence-corrected chi connectivity index (χ3v) is 2.92. The van der Waals surface area contributed by atoms with Gasteiger partial charge in [-0.25, -0.2) is 0 Å². The van der Waals surface area contributed by atoms with Crippen molar-refractivity contribution in [3.63, 3.8) is 0 Å². The van der Waals surface area contributed by atoms with Gasteiger partial charge in [0.1, 0.15) is 11.4 Å². The molecule has 2 rings (SSSR count). The summed E-state index contributed by atoms with van der Waals surface area (Å²) in [7, 11) is 0. The third-order valence-electron chi connectivity index (χ3n) is 2.92. The molecule has 0 bridgehead atoms. The summed E-state index contributed by atoms with van der Waals surface area (Å²) in [6.45, 7) is 7.03. The van der Waals surface area contributed by atoms with Crippen molar-refractivity contribution >= 4 is 17.6 Å². The molecule has 1 fully saturated rings. The lowest BCUT2D eigenvalue weighted by molar-refractivity contribution is -0.159. The smallest absolute Gasteiger partial charge is 0.311 e. The van der Waals surface area contributed by atoms with Gasteiger partial charge in [-0.15, -0.1) is 10.2 Å². The molecule has 19 heavy (non-hydrogen) atoms. The summed E-state index contributed by atoms with van der Waals surface area (Å²) < 4.78 is 5.40. The van der Waals surface area contributed by atoms with E-state index < -0.39 is 5.60 Å². The van der Waals surface area contributed by atoms with E-state index in [1.807, 2.05) is 31.7 Å². The summed E-state index contributed by atoms with van der Waals surface area (Å²) in [5.74, 6) is 0.906. The highest BCUT2D eigenvalue weighted by Crippen LogP contribution is 2.24. The Balaban J connectivity index is 1.96. The number of carbonyl (C=O) groups excluding carboxylic acids is 1. The maximum atomic E-state index is 12.0. The number of aromatic nitrogens is 2. The van der Waals surface area contributed by atoms with Gasteiger partial charge >= 0.3 is 5.97 Å². The van der Waals surface area contributed by atoms with E-state index in [0.717, 1.165) is 18.8 Å². The van der Waals surface area contributed by atoms with E-state index in [2.05, 4.69) is 10.2 Å². The molecule has 2 N–H and O–H groups in total. The topological polar surface area (TPSA) is 81.3 Å². The molecule has 6 nitrogen and oxygen atoms in total. The van der Waals surface area contributed by atoms with Crippen molar-refractivity contribution in [2.45, 2.75) is 32.8 Å². The number of rotatable bonds is 2. The summed E-state index contributed by atoms with van der Waals surface area (Å²) in [5, 5.41) is 7.85. The maximum absolute atomic E-state index is 12.0. The number of nitrogens with two attached hydrogens (primary N) is 1. The van der Waals surface area contributed by atoms with Crippen LogP contribution in [0.25, 0.3) is 0 Å². The third kappa shape index (κ3) is 3.56. The number of anilines is 2. The Morgan fingerprint density at radius 2 is 2.16 bits per heavy atom. The van der Waals surface area contributed by atoms with E-state index in [-0.39, 0.29) is 11.9 Å². The standard InChI is InChI=1S/C13H20N4O2/c1-13(2,3)19-12(18)9-6-7-17(8-9)11-5-4-10(14)15-16-11/h4-5,9H,6-8H2,1-3H3,(H2,14,15). The maximum Gasteiger partial charge on any atom is 0.311 e. The zero-order chi connectivity index (χ0) is 14.0. The lowest BCUT2D eigenvalue weighted by atomic mass is 10.1. The molecule has 1 saturated heterocycles. The second-order valence-electron chi connectivity index (χ2n) is 5.78. The number of nitrogen functional groups attached to an aromatic ring is 1. The predicted octanol–water partition coefficient (Wildman–Crippen LogP) is 1.23. The normalized spacial score (nSPS) is 19.5. The van der Waals surface area contributed by atoms with Gasteiger partial charge in [0.15, 0.2) is 5.82 Å². The molecule has 0 amide bonds. The Morgan fingerprint density at radius 1 is 1.42 bits per heavy atom. The molecule has 0 aromatic carbocycles. The van der Waals surface area contributed by atoms with Gasteiger partial charge in [0.25, 0.3) is 0 Å². The minimum Gasteiger partial charge on any atom is -0.460 e. The van der Waals surface area contributed by atoms with Crippen molar-refractivity contribution < 1.29 is 9.53 Å². The van der Waals surface area contributed by atoms with Gasteiger partial charge in [-0.05, 0) is 39.3 Å². The molecule has 104 valence electrons. The first-order chi connectivity index (χ1) is 8.85. The average molecular weight is 264 g/mol. The van der Waals surface area contributed by atoms with E-state index in [1.54, 1.807) is 6.07 Å². The van der Waals surface area contributed by atoms with E-state index in [0.29, 0.717) is 12.4 Å². The van der Waals surface area contributed by atoms with Crippen molar-refractivity contribution in [3.8, 4) is 0 Å². The number of nitrogens with zero attached hydrogens (tertiary/aromatic N) is 3. The summed E-state index contributed by atoms with van der Waals surface area (Å²) in [5.41, 5.74) is 5.07. The van der Waals surface area contributed by atoms with Crippen LogP contribution in [-0.4, -0.2) is 34.9 Å². The molecule has 1 aromatic heterocycles. The first-order valence-electron chi connectivity index (χ1n) is 6.42. The zero-order valence-corrected chi connectivity index (χ0v) is 11.6. The molecule has 0 aliphatic carbocycles. The fourth-order valence-corrected chi connectivity index (χ4v) is 2.05. The molecule has 2 heterocycles. The number of hydrogen-bond donors (Lipinski definition) is 1. The molecule has 1 unspecified atom stereocenters. The number of esters is 1. The second kappa shape index (κ2) is 5.03. The lowest BCUT2D eigenvalue weighted by Crippen LogP contribution is -2.30. The van der Waals surface area contributed by atoms with Gasteiger partial charge in [0.05, 0.1) is 5.92 Å². The Kier molecular flexibility index (Phi) is 3.59. The molecule has 0 radical (unpaired) electrons. The Bertz CT molecular complexity index is 453. The van der Waals surface area contributed by atoms with Crippen LogP contribution in [0.15, 0.2) is 12.1 Å². The van der Waals surface area contributed by atoms with Crippen LogP contribution in [0.4, 0.5) is 11.6 Å². The van der Waals surface area contributed by atoms with Crippen LogP contribution in [0.3, 0.4) is 0 Å². The predicted molar refractivity (Wildman–Crippen MR) is 72.6 cm³/mol. The average Bonchev–Trinajstić information content (AvgIpc) is 2.77. The summed E-state index contributed by atoms with van der Waals surface area (Å²) >= 11 is 0. The molecule has 1 aromatic rings. The Hall–Kier alpha value is -1.85. The number of ether oxygens (including phenoxy) is 1. The molecular weight excluding hydrogens is 244 g/mol. The monoisotopic (exact) mass is 264 g/mol. The summed E-state index contributed by atoms with van der Waals surface area (Å²) in [6, 6.07) is 3.53. The Labute approximate surface area is 112 Å². The molecular formula is C13H20N4O2. The van der Waals surface area contributed by atoms with Crippen molar-refractivity contribution in [1.82, 2.24) is 10.2 Å². The van der Waals surface area contributed by atoms with Gasteiger partial charge in [-0.3, -0.25) is 4.79 Å². The van der Waals surface area contributed by atoms with Crippen molar-refractivity contribution in [3.05, 3.63) is 12.1 Å². The fraction of sp³-hybridized carbons (Fsp3) is 0.615. The van der Waals surface area contributed by atoms with Crippen LogP contribution in [0, 0.1) is 5.92 Å². The highest BCUT2D eigenvalue weighted by atomic mass is 16.6. The van der Waals surface area contributed by atoms with Crippen molar-refractivity contribution in [2.75, 3.05) is 23.7 Å². The minimum absolute atomic E-state index is 0.0985. The van der Waals surface area contributed by atoms with Gasteiger partial charge in [-0.1, -0.05) is 0 Å². The molecule has 1 aliphatic rings. The highest BCUT2D eigenvalue weighted by molar-refractivity contribution is 5.74. The van der Waals surface area contributed by atoms with E-state index >= 15 is 0 Å². The van der Waals surface area contributed by atoms with E-state index in [9.17, 15) is 4.79 Å². The zero-order valence-electron chi connectivity index (χ0n) is 11.6. The lowest BCUT2D eigenvalue weighted by Gasteiger charge is -2.22. The molecule has 6 heteroatoms. The highest BCUT2D eigenvalue weighted by Gasteiger charge is 2.32. The largest absolute Gasteiger partial charge is 0.460 e. The Morgan fingerprint density at radius 3 is 2.74 bits per heavy atom. The van der Waals surface area contributed by atoms with Crippen LogP contribution in [-0.2, 0) is 9.53 Å². The minimum atomic E-state index is -0.439. The van der Waals surface area contributed by atoms with Crippen LogP contribution < -0.4 is 10.6 Å². The molecule has 1 atom stereocenters. The van der Waals surface area contributed by atoms with Gasteiger partial charge in [0.2, 0.25) is 0 Å². The molecule has 0 saturated carbocycles. The quantitative estimate of drug-likeness (QED) is 0.809. The summed E-state index contributed by atoms with van der Waals surface area (Å²) in [6.07, 6.45) is 0.779. The van der Waals surface area contributed by atoms with Crippen molar-refractivity contribution in [1.29, 1.82) is 0 Å². The molecule has 0 spiro atoms. The van der Waals surface area contributed by atoms with Crippen LogP contribution in [0.2, 0.25) is 0 Å². The number of hydrogen-bond acceptors (Lipinski definition) is 6. The van der Waals surface area contributed by atoms with Crippen LogP contribution in [0.1, 0.15) is 27.2 Å². The van der Waals surface area contributed by atoms with Crippen LogP contribution in [0.5, 0.6) is 0 Å². The van der Waals surface area contributed by atoms with Crippen LogP contribution >= 0.6 is 0 Å². The van der Waals surface area contributed by atoms with E-state index in [1.165, 1.54) is 0 Å². The van der Waals surface area contributed by atoms with Crippen molar-refractivity contribution in [2.24, 2.45) is 5.92 Å². The van der Waals surface area contributed by atoms with E-state index in [4.69, 9.17) is 10.5 Å². The molecule has 1 aliphatic heterocycles. The SMILES string of the molecule is CC(C)(C)OC(=O)C1CCN(c2ccc(N)nn2)C1. The first-order valence-corrected chi connectivity index (χ1v) is 6.42. The van der Waals surface area contributed by atoms with Gasteiger partial charge < -0.3 is 15.4 Å². The summed E-state index contributed by atoms with van der Waals surface area (Å²) in [4.78, 5) is 14.0. The first kappa shape index (κ1) is 13.6. The van der Waals surface area contributed by atoms with Gasteiger partial charge in [-0.2, -0.15) is 0 Å². The fourth-order valence-electron chi connectivity index (χ4n) is 2.05. The second-order valence-corrected chi connectivity index (χ2v) is 5.78.